The lowest BCUT2D eigenvalue weighted by Gasteiger charge is -2.24. The first-order chi connectivity index (χ1) is 7.44. The maximum absolute atomic E-state index is 11.9. The largest absolute Gasteiger partial charge is 0.392 e. The van der Waals surface area contributed by atoms with Gasteiger partial charge in [0.25, 0.3) is 0 Å². The van der Waals surface area contributed by atoms with Crippen LogP contribution in [0.5, 0.6) is 0 Å². The molecule has 1 rings (SSSR count). The Morgan fingerprint density at radius 1 is 1.38 bits per heavy atom. The van der Waals surface area contributed by atoms with Gasteiger partial charge in [0.05, 0.1) is 11.5 Å². The molecule has 2 N–H and O–H groups in total. The van der Waals surface area contributed by atoms with Crippen molar-refractivity contribution in [2.24, 2.45) is 0 Å². The fraction of sp³-hybridized carbons (Fsp3) is 0.462. The number of carbonyl (C=O) groups excluding carboxylic acids is 1. The third-order valence-electron chi connectivity index (χ3n) is 2.62. The van der Waals surface area contributed by atoms with Crippen molar-refractivity contribution >= 4 is 5.91 Å². The van der Waals surface area contributed by atoms with Gasteiger partial charge in [0.1, 0.15) is 0 Å². The molecule has 0 spiro atoms. The van der Waals surface area contributed by atoms with Crippen molar-refractivity contribution < 1.29 is 9.90 Å². The Kier molecular flexibility index (Phi) is 4.07. The van der Waals surface area contributed by atoms with Gasteiger partial charge in [-0.1, -0.05) is 30.3 Å². The van der Waals surface area contributed by atoms with Crippen LogP contribution >= 0.6 is 0 Å². The SMILES string of the molecule is C[C@H](O)CNC(=O)C(C)(C)c1ccccc1. The van der Waals surface area contributed by atoms with Gasteiger partial charge in [-0.25, -0.2) is 0 Å². The van der Waals surface area contributed by atoms with Crippen LogP contribution in [0.1, 0.15) is 26.3 Å². The summed E-state index contributed by atoms with van der Waals surface area (Å²) >= 11 is 0. The molecule has 3 nitrogen and oxygen atoms in total. The van der Waals surface area contributed by atoms with E-state index in [4.69, 9.17) is 5.11 Å². The quantitative estimate of drug-likeness (QED) is 0.808. The van der Waals surface area contributed by atoms with Crippen molar-refractivity contribution in [1.82, 2.24) is 5.32 Å². The molecule has 0 aliphatic heterocycles. The molecule has 0 unspecified atom stereocenters. The first-order valence-electron chi connectivity index (χ1n) is 5.46. The molecular formula is C13H19NO2. The molecule has 0 saturated carbocycles. The number of amides is 1. The molecule has 0 aliphatic rings. The molecule has 0 heterocycles. The Bertz CT molecular complexity index is 344. The molecule has 88 valence electrons. The van der Waals surface area contributed by atoms with Gasteiger partial charge in [0.2, 0.25) is 5.91 Å². The summed E-state index contributed by atoms with van der Waals surface area (Å²) in [5.74, 6) is -0.0698. The number of aliphatic hydroxyl groups is 1. The normalized spacial score (nSPS) is 13.2. The highest BCUT2D eigenvalue weighted by molar-refractivity contribution is 5.87. The van der Waals surface area contributed by atoms with Gasteiger partial charge >= 0.3 is 0 Å². The van der Waals surface area contributed by atoms with Gasteiger partial charge in [-0.05, 0) is 26.3 Å². The monoisotopic (exact) mass is 221 g/mol. The zero-order valence-electron chi connectivity index (χ0n) is 10.0. The van der Waals surface area contributed by atoms with Gasteiger partial charge in [-0.3, -0.25) is 4.79 Å². The first-order valence-corrected chi connectivity index (χ1v) is 5.46. The van der Waals surface area contributed by atoms with Crippen LogP contribution in [-0.2, 0) is 10.2 Å². The van der Waals surface area contributed by atoms with E-state index in [0.29, 0.717) is 0 Å². The number of carbonyl (C=O) groups is 1. The number of hydrogen-bond donors (Lipinski definition) is 2. The zero-order chi connectivity index (χ0) is 12.2. The van der Waals surface area contributed by atoms with E-state index in [1.54, 1.807) is 6.92 Å². The fourth-order valence-electron chi connectivity index (χ4n) is 1.45. The molecule has 3 heteroatoms. The third kappa shape index (κ3) is 3.07. The number of rotatable bonds is 4. The number of aliphatic hydroxyl groups excluding tert-OH is 1. The highest BCUT2D eigenvalue weighted by Gasteiger charge is 2.29. The highest BCUT2D eigenvalue weighted by atomic mass is 16.3. The van der Waals surface area contributed by atoms with E-state index in [2.05, 4.69) is 5.32 Å². The fourth-order valence-corrected chi connectivity index (χ4v) is 1.45. The summed E-state index contributed by atoms with van der Waals surface area (Å²) in [4.78, 5) is 11.9. The van der Waals surface area contributed by atoms with Gasteiger partial charge < -0.3 is 10.4 Å². The van der Waals surface area contributed by atoms with Gasteiger partial charge in [-0.2, -0.15) is 0 Å². The topological polar surface area (TPSA) is 49.3 Å². The van der Waals surface area contributed by atoms with E-state index in [1.807, 2.05) is 44.2 Å². The summed E-state index contributed by atoms with van der Waals surface area (Å²) in [6, 6.07) is 9.62. The van der Waals surface area contributed by atoms with Gasteiger partial charge in [-0.15, -0.1) is 0 Å². The Labute approximate surface area is 96.5 Å². The van der Waals surface area contributed by atoms with Crippen molar-refractivity contribution in [2.75, 3.05) is 6.54 Å². The van der Waals surface area contributed by atoms with Gasteiger partial charge in [0.15, 0.2) is 0 Å². The Hall–Kier alpha value is -1.35. The van der Waals surface area contributed by atoms with E-state index >= 15 is 0 Å². The van der Waals surface area contributed by atoms with Crippen molar-refractivity contribution in [3.8, 4) is 0 Å². The molecule has 0 bridgehead atoms. The Morgan fingerprint density at radius 2 is 1.94 bits per heavy atom. The number of nitrogens with one attached hydrogen (secondary N) is 1. The second-order valence-electron chi connectivity index (χ2n) is 4.55. The molecule has 0 saturated heterocycles. The van der Waals surface area contributed by atoms with E-state index in [1.165, 1.54) is 0 Å². The molecular weight excluding hydrogens is 202 g/mol. The predicted molar refractivity (Wildman–Crippen MR) is 64.2 cm³/mol. The minimum absolute atomic E-state index is 0.0698. The van der Waals surface area contributed by atoms with Crippen LogP contribution in [0.2, 0.25) is 0 Å². The molecule has 16 heavy (non-hydrogen) atoms. The second kappa shape index (κ2) is 5.12. The van der Waals surface area contributed by atoms with E-state index < -0.39 is 11.5 Å². The van der Waals surface area contributed by atoms with Crippen LogP contribution in [0.25, 0.3) is 0 Å². The highest BCUT2D eigenvalue weighted by Crippen LogP contribution is 2.22. The Morgan fingerprint density at radius 3 is 2.44 bits per heavy atom. The lowest BCUT2D eigenvalue weighted by Crippen LogP contribution is -2.42. The van der Waals surface area contributed by atoms with E-state index in [-0.39, 0.29) is 12.5 Å². The summed E-state index contributed by atoms with van der Waals surface area (Å²) in [7, 11) is 0. The minimum Gasteiger partial charge on any atom is -0.392 e. The molecule has 0 aliphatic carbocycles. The molecule has 0 aromatic heterocycles. The predicted octanol–water partition coefficient (Wildman–Crippen LogP) is 1.46. The lowest BCUT2D eigenvalue weighted by molar-refractivity contribution is -0.126. The van der Waals surface area contributed by atoms with Crippen LogP contribution in [0.3, 0.4) is 0 Å². The molecule has 1 atom stereocenters. The van der Waals surface area contributed by atoms with Crippen LogP contribution in [0.4, 0.5) is 0 Å². The van der Waals surface area contributed by atoms with E-state index in [9.17, 15) is 4.79 Å². The van der Waals surface area contributed by atoms with Crippen LogP contribution in [0, 0.1) is 0 Å². The van der Waals surface area contributed by atoms with Crippen molar-refractivity contribution in [1.29, 1.82) is 0 Å². The van der Waals surface area contributed by atoms with Crippen molar-refractivity contribution in [3.63, 3.8) is 0 Å². The molecule has 1 aromatic carbocycles. The summed E-state index contributed by atoms with van der Waals surface area (Å²) < 4.78 is 0. The Balaban J connectivity index is 2.74. The minimum atomic E-state index is -0.573. The standard InChI is InChI=1S/C13H19NO2/c1-10(15)9-14-12(16)13(2,3)11-7-5-4-6-8-11/h4-8,10,15H,9H2,1-3H3,(H,14,16)/t10-/m0/s1. The molecule has 0 radical (unpaired) electrons. The number of benzene rings is 1. The van der Waals surface area contributed by atoms with Crippen molar-refractivity contribution in [2.45, 2.75) is 32.3 Å². The van der Waals surface area contributed by atoms with Gasteiger partial charge in [0, 0.05) is 6.54 Å². The third-order valence-corrected chi connectivity index (χ3v) is 2.62. The maximum Gasteiger partial charge on any atom is 0.230 e. The second-order valence-corrected chi connectivity index (χ2v) is 4.55. The first kappa shape index (κ1) is 12.7. The summed E-state index contributed by atoms with van der Waals surface area (Å²) in [5.41, 5.74) is 0.397. The summed E-state index contributed by atoms with van der Waals surface area (Å²) in [5, 5.41) is 11.9. The summed E-state index contributed by atoms with van der Waals surface area (Å²) in [6.45, 7) is 5.68. The van der Waals surface area contributed by atoms with E-state index in [0.717, 1.165) is 5.56 Å². The average Bonchev–Trinajstić information content (AvgIpc) is 2.27. The molecule has 0 fully saturated rings. The maximum atomic E-state index is 11.9. The zero-order valence-corrected chi connectivity index (χ0v) is 10.0. The molecule has 1 amide bonds. The molecule has 1 aromatic rings. The van der Waals surface area contributed by atoms with Crippen molar-refractivity contribution in [3.05, 3.63) is 35.9 Å². The lowest BCUT2D eigenvalue weighted by atomic mass is 9.84. The van der Waals surface area contributed by atoms with Crippen LogP contribution in [0.15, 0.2) is 30.3 Å². The van der Waals surface area contributed by atoms with Crippen LogP contribution in [-0.4, -0.2) is 23.7 Å². The van der Waals surface area contributed by atoms with Crippen LogP contribution < -0.4 is 5.32 Å². The average molecular weight is 221 g/mol. The summed E-state index contributed by atoms with van der Waals surface area (Å²) in [6.07, 6.45) is -0.518. The smallest absolute Gasteiger partial charge is 0.230 e. The number of hydrogen-bond acceptors (Lipinski definition) is 2.